The molecule has 0 aromatic rings. The van der Waals surface area contributed by atoms with Crippen molar-refractivity contribution in [1.29, 1.82) is 0 Å². The molecule has 0 radical (unpaired) electrons. The summed E-state index contributed by atoms with van der Waals surface area (Å²) in [5.74, 6) is -0.852. The van der Waals surface area contributed by atoms with Gasteiger partial charge in [-0.15, -0.1) is 0 Å². The highest BCUT2D eigenvalue weighted by Crippen LogP contribution is 2.07. The molecule has 2 N–H and O–H groups in total. The average molecular weight is 211 g/mol. The highest BCUT2D eigenvalue weighted by molar-refractivity contribution is 7.80. The molecular formula is C5H9NO6S. The van der Waals surface area contributed by atoms with Crippen LogP contribution in [0.15, 0.2) is 0 Å². The van der Waals surface area contributed by atoms with Crippen molar-refractivity contribution in [3.63, 3.8) is 0 Å². The van der Waals surface area contributed by atoms with Crippen LogP contribution in [-0.4, -0.2) is 31.5 Å². The Balaban J connectivity index is 2.33. The number of carbonyl (C=O) groups excluding carboxylic acids is 1. The SMILES string of the molecule is O=C(OOS(=O)(=O)O)C1CCCN1. The lowest BCUT2D eigenvalue weighted by Crippen LogP contribution is -2.32. The van der Waals surface area contributed by atoms with Gasteiger partial charge in [0.15, 0.2) is 0 Å². The normalized spacial score (nSPS) is 23.0. The molecule has 13 heavy (non-hydrogen) atoms. The molecule has 1 rings (SSSR count). The minimum atomic E-state index is -4.72. The third-order valence-electron chi connectivity index (χ3n) is 1.55. The summed E-state index contributed by atoms with van der Waals surface area (Å²) in [7, 11) is -4.72. The summed E-state index contributed by atoms with van der Waals surface area (Å²) in [6.45, 7) is 0.672. The van der Waals surface area contributed by atoms with Gasteiger partial charge in [0.25, 0.3) is 0 Å². The van der Waals surface area contributed by atoms with Gasteiger partial charge in [0, 0.05) is 0 Å². The second kappa shape index (κ2) is 4.01. The topological polar surface area (TPSA) is 102 Å². The number of hydrogen-bond donors (Lipinski definition) is 2. The van der Waals surface area contributed by atoms with Crippen LogP contribution in [0.2, 0.25) is 0 Å². The Morgan fingerprint density at radius 1 is 1.54 bits per heavy atom. The van der Waals surface area contributed by atoms with E-state index in [0.29, 0.717) is 13.0 Å². The lowest BCUT2D eigenvalue weighted by Gasteiger charge is -2.05. The van der Waals surface area contributed by atoms with Crippen LogP contribution in [0.4, 0.5) is 0 Å². The number of hydrogen-bond acceptors (Lipinski definition) is 6. The molecule has 1 heterocycles. The summed E-state index contributed by atoms with van der Waals surface area (Å²) in [5, 5.41) is 2.76. The maximum atomic E-state index is 10.9. The van der Waals surface area contributed by atoms with Gasteiger partial charge in [-0.3, -0.25) is 9.44 Å². The zero-order chi connectivity index (χ0) is 9.90. The van der Waals surface area contributed by atoms with Crippen LogP contribution in [-0.2, 0) is 24.4 Å². The summed E-state index contributed by atoms with van der Waals surface area (Å²) in [6.07, 6.45) is 1.37. The molecule has 7 nitrogen and oxygen atoms in total. The van der Waals surface area contributed by atoms with E-state index in [2.05, 4.69) is 14.5 Å². The van der Waals surface area contributed by atoms with E-state index in [0.717, 1.165) is 6.42 Å². The third-order valence-corrected chi connectivity index (χ3v) is 1.79. The largest absolute Gasteiger partial charge is 0.432 e. The Bertz CT molecular complexity index is 279. The van der Waals surface area contributed by atoms with E-state index in [4.69, 9.17) is 4.55 Å². The molecule has 1 aliphatic rings. The van der Waals surface area contributed by atoms with Gasteiger partial charge in [-0.05, 0) is 23.7 Å². The van der Waals surface area contributed by atoms with Crippen LogP contribution in [0.5, 0.6) is 0 Å². The van der Waals surface area contributed by atoms with E-state index >= 15 is 0 Å². The summed E-state index contributed by atoms with van der Waals surface area (Å²) in [6, 6.07) is -0.554. The molecule has 0 amide bonds. The number of carbonyl (C=O) groups is 1. The summed E-state index contributed by atoms with van der Waals surface area (Å²) in [4.78, 5) is 14.8. The minimum absolute atomic E-state index is 0.554. The average Bonchev–Trinajstić information content (AvgIpc) is 2.50. The fourth-order valence-electron chi connectivity index (χ4n) is 1.02. The zero-order valence-corrected chi connectivity index (χ0v) is 7.41. The van der Waals surface area contributed by atoms with Crippen molar-refractivity contribution in [2.75, 3.05) is 6.54 Å². The Morgan fingerprint density at radius 3 is 2.69 bits per heavy atom. The standard InChI is InChI=1S/C5H9NO6S/c7-5(4-2-1-3-6-4)11-12-13(8,9)10/h4,6H,1-3H2,(H,8,9,10). The number of rotatable bonds is 3. The predicted octanol–water partition coefficient (Wildman–Crippen LogP) is -0.984. The first kappa shape index (κ1) is 10.4. The van der Waals surface area contributed by atoms with Gasteiger partial charge in [0.05, 0.1) is 0 Å². The molecule has 0 spiro atoms. The Hall–Kier alpha value is -0.700. The molecule has 1 atom stereocenters. The first-order valence-corrected chi connectivity index (χ1v) is 4.96. The molecule has 0 aliphatic carbocycles. The van der Waals surface area contributed by atoms with Crippen molar-refractivity contribution in [2.24, 2.45) is 0 Å². The molecule has 76 valence electrons. The molecular weight excluding hydrogens is 202 g/mol. The number of nitrogens with one attached hydrogen (secondary N) is 1. The Morgan fingerprint density at radius 2 is 2.23 bits per heavy atom. The van der Waals surface area contributed by atoms with Crippen molar-refractivity contribution < 1.29 is 27.0 Å². The highest BCUT2D eigenvalue weighted by atomic mass is 32.3. The van der Waals surface area contributed by atoms with Crippen molar-refractivity contribution in [1.82, 2.24) is 5.32 Å². The minimum Gasteiger partial charge on any atom is -0.304 e. The van der Waals surface area contributed by atoms with Gasteiger partial charge in [-0.1, -0.05) is 0 Å². The molecule has 0 bridgehead atoms. The van der Waals surface area contributed by atoms with E-state index in [9.17, 15) is 13.2 Å². The van der Waals surface area contributed by atoms with Gasteiger partial charge < -0.3 is 5.32 Å². The first-order valence-electron chi connectivity index (χ1n) is 3.60. The Kier molecular flexibility index (Phi) is 3.20. The molecule has 0 aromatic heterocycles. The van der Waals surface area contributed by atoms with Crippen molar-refractivity contribution in [2.45, 2.75) is 18.9 Å². The second-order valence-corrected chi connectivity index (χ2v) is 3.54. The maximum Gasteiger partial charge on any atom is 0.432 e. The van der Waals surface area contributed by atoms with Gasteiger partial charge in [0.2, 0.25) is 0 Å². The Labute approximate surface area is 74.9 Å². The fourth-order valence-corrected chi connectivity index (χ4v) is 1.17. The first-order chi connectivity index (χ1) is 5.99. The zero-order valence-electron chi connectivity index (χ0n) is 6.60. The van der Waals surface area contributed by atoms with E-state index in [1.807, 2.05) is 0 Å². The van der Waals surface area contributed by atoms with Gasteiger partial charge >= 0.3 is 16.4 Å². The van der Waals surface area contributed by atoms with E-state index in [1.165, 1.54) is 0 Å². The maximum absolute atomic E-state index is 10.9. The van der Waals surface area contributed by atoms with Crippen LogP contribution >= 0.6 is 0 Å². The molecule has 1 aliphatic heterocycles. The van der Waals surface area contributed by atoms with Crippen molar-refractivity contribution in [3.05, 3.63) is 0 Å². The van der Waals surface area contributed by atoms with E-state index in [1.54, 1.807) is 0 Å². The van der Waals surface area contributed by atoms with Gasteiger partial charge in [-0.2, -0.15) is 8.42 Å². The molecule has 0 aromatic carbocycles. The van der Waals surface area contributed by atoms with Crippen LogP contribution in [0.25, 0.3) is 0 Å². The molecule has 0 saturated carbocycles. The van der Waals surface area contributed by atoms with Crippen LogP contribution in [0, 0.1) is 0 Å². The molecule has 8 heteroatoms. The highest BCUT2D eigenvalue weighted by Gasteiger charge is 2.25. The summed E-state index contributed by atoms with van der Waals surface area (Å²) >= 11 is 0. The predicted molar refractivity (Wildman–Crippen MR) is 39.8 cm³/mol. The molecule has 1 fully saturated rings. The molecule has 1 saturated heterocycles. The summed E-state index contributed by atoms with van der Waals surface area (Å²) < 4.78 is 31.5. The molecule has 1 unspecified atom stereocenters. The lowest BCUT2D eigenvalue weighted by atomic mass is 10.2. The fraction of sp³-hybridized carbons (Fsp3) is 0.800. The van der Waals surface area contributed by atoms with E-state index in [-0.39, 0.29) is 0 Å². The van der Waals surface area contributed by atoms with Gasteiger partial charge in [0.1, 0.15) is 6.04 Å². The monoisotopic (exact) mass is 211 g/mol. The van der Waals surface area contributed by atoms with Gasteiger partial charge in [-0.25, -0.2) is 4.79 Å². The quantitative estimate of drug-likeness (QED) is 0.351. The van der Waals surface area contributed by atoms with Crippen LogP contribution in [0.1, 0.15) is 12.8 Å². The third kappa shape index (κ3) is 3.68. The van der Waals surface area contributed by atoms with Crippen LogP contribution in [0.3, 0.4) is 0 Å². The second-order valence-electron chi connectivity index (χ2n) is 2.55. The van der Waals surface area contributed by atoms with Crippen molar-refractivity contribution in [3.8, 4) is 0 Å². The summed E-state index contributed by atoms with van der Waals surface area (Å²) in [5.41, 5.74) is 0. The lowest BCUT2D eigenvalue weighted by molar-refractivity contribution is -0.216. The van der Waals surface area contributed by atoms with Crippen LogP contribution < -0.4 is 5.32 Å². The van der Waals surface area contributed by atoms with Crippen molar-refractivity contribution >= 4 is 16.4 Å². The smallest absolute Gasteiger partial charge is 0.304 e. The van der Waals surface area contributed by atoms with E-state index < -0.39 is 22.4 Å².